The molecular formula is C16H15N3O2. The van der Waals surface area contributed by atoms with Crippen molar-refractivity contribution < 1.29 is 9.90 Å². The Balaban J connectivity index is 1.97. The number of rotatable bonds is 4. The predicted octanol–water partition coefficient (Wildman–Crippen LogP) is 0.793. The van der Waals surface area contributed by atoms with Gasteiger partial charge in [0.2, 0.25) is 0 Å². The van der Waals surface area contributed by atoms with E-state index in [2.05, 4.69) is 27.1 Å². The number of carbonyl (C=O) groups is 1. The maximum absolute atomic E-state index is 12.1. The third-order valence-corrected chi connectivity index (χ3v) is 2.77. The van der Waals surface area contributed by atoms with Crippen molar-refractivity contribution in [2.24, 2.45) is 0 Å². The molecule has 0 saturated carbocycles. The molecule has 5 nitrogen and oxygen atoms in total. The van der Waals surface area contributed by atoms with E-state index in [0.29, 0.717) is 12.1 Å². The number of aliphatic hydroxyl groups excluding tert-OH is 1. The molecule has 0 aromatic carbocycles. The lowest BCUT2D eigenvalue weighted by Gasteiger charge is -2.06. The van der Waals surface area contributed by atoms with Crippen molar-refractivity contribution in [3.05, 3.63) is 59.7 Å². The molecule has 106 valence electrons. The Bertz CT molecular complexity index is 660. The highest BCUT2D eigenvalue weighted by Crippen LogP contribution is 2.04. The van der Waals surface area contributed by atoms with E-state index >= 15 is 0 Å². The molecule has 0 bridgehead atoms. The molecule has 0 aliphatic rings. The standard InChI is InChI=1S/C16H15N3O2/c20-12-2-4-14-3-1-8-18-15(14)16(21)19-11-7-13-5-9-17-10-6-13/h1,3,5-6,8-10,20H,7,11-12H2,(H,19,21). The highest BCUT2D eigenvalue weighted by Gasteiger charge is 2.10. The van der Waals surface area contributed by atoms with Gasteiger partial charge in [-0.15, -0.1) is 0 Å². The van der Waals surface area contributed by atoms with Crippen LogP contribution in [0.4, 0.5) is 0 Å². The Morgan fingerprint density at radius 3 is 2.81 bits per heavy atom. The van der Waals surface area contributed by atoms with Crippen molar-refractivity contribution >= 4 is 5.91 Å². The fourth-order valence-electron chi connectivity index (χ4n) is 1.78. The quantitative estimate of drug-likeness (QED) is 0.813. The van der Waals surface area contributed by atoms with E-state index in [1.54, 1.807) is 30.7 Å². The van der Waals surface area contributed by atoms with Crippen LogP contribution in [0.3, 0.4) is 0 Å². The normalized spacial score (nSPS) is 9.57. The highest BCUT2D eigenvalue weighted by molar-refractivity contribution is 5.94. The summed E-state index contributed by atoms with van der Waals surface area (Å²) in [5.74, 6) is 4.97. The lowest BCUT2D eigenvalue weighted by molar-refractivity contribution is 0.0949. The fraction of sp³-hybridized carbons (Fsp3) is 0.188. The van der Waals surface area contributed by atoms with Crippen LogP contribution in [0.15, 0.2) is 42.9 Å². The van der Waals surface area contributed by atoms with Crippen LogP contribution in [0.25, 0.3) is 0 Å². The van der Waals surface area contributed by atoms with E-state index in [1.165, 1.54) is 0 Å². The Labute approximate surface area is 123 Å². The zero-order valence-corrected chi connectivity index (χ0v) is 11.4. The first-order chi connectivity index (χ1) is 10.3. The van der Waals surface area contributed by atoms with Crippen LogP contribution in [-0.2, 0) is 6.42 Å². The third-order valence-electron chi connectivity index (χ3n) is 2.77. The summed E-state index contributed by atoms with van der Waals surface area (Å²) in [7, 11) is 0. The number of aromatic nitrogens is 2. The fourth-order valence-corrected chi connectivity index (χ4v) is 1.78. The molecule has 0 saturated heterocycles. The van der Waals surface area contributed by atoms with Crippen LogP contribution < -0.4 is 5.32 Å². The zero-order valence-electron chi connectivity index (χ0n) is 11.4. The van der Waals surface area contributed by atoms with Crippen LogP contribution in [0.1, 0.15) is 21.6 Å². The number of pyridine rings is 2. The van der Waals surface area contributed by atoms with Gasteiger partial charge < -0.3 is 10.4 Å². The van der Waals surface area contributed by atoms with Gasteiger partial charge in [0.15, 0.2) is 0 Å². The first kappa shape index (κ1) is 14.7. The van der Waals surface area contributed by atoms with Gasteiger partial charge in [-0.05, 0) is 36.2 Å². The number of aliphatic hydroxyl groups is 1. The van der Waals surface area contributed by atoms with Gasteiger partial charge in [-0.1, -0.05) is 11.8 Å². The Hall–Kier alpha value is -2.71. The first-order valence-corrected chi connectivity index (χ1v) is 6.53. The summed E-state index contributed by atoms with van der Waals surface area (Å²) in [6, 6.07) is 7.22. The summed E-state index contributed by atoms with van der Waals surface area (Å²) in [4.78, 5) is 20.1. The molecule has 0 spiro atoms. The second-order valence-corrected chi connectivity index (χ2v) is 4.22. The minimum atomic E-state index is -0.271. The maximum atomic E-state index is 12.1. The molecule has 0 radical (unpaired) electrons. The Kier molecular flexibility index (Phi) is 5.44. The molecular weight excluding hydrogens is 266 g/mol. The van der Waals surface area contributed by atoms with Gasteiger partial charge in [-0.25, -0.2) is 4.98 Å². The smallest absolute Gasteiger partial charge is 0.271 e. The van der Waals surface area contributed by atoms with Gasteiger partial charge in [0, 0.05) is 25.1 Å². The number of hydrogen-bond acceptors (Lipinski definition) is 4. The SMILES string of the molecule is O=C(NCCc1ccncc1)c1ncccc1C#CCO. The van der Waals surface area contributed by atoms with Crippen LogP contribution >= 0.6 is 0 Å². The predicted molar refractivity (Wildman–Crippen MR) is 78.5 cm³/mol. The summed E-state index contributed by atoms with van der Waals surface area (Å²) in [5.41, 5.74) is 1.88. The number of nitrogens with one attached hydrogen (secondary N) is 1. The van der Waals surface area contributed by atoms with Gasteiger partial charge >= 0.3 is 0 Å². The van der Waals surface area contributed by atoms with E-state index in [9.17, 15) is 4.79 Å². The average Bonchev–Trinajstić information content (AvgIpc) is 2.54. The number of hydrogen-bond donors (Lipinski definition) is 2. The lowest BCUT2D eigenvalue weighted by Crippen LogP contribution is -2.27. The number of carbonyl (C=O) groups excluding carboxylic acids is 1. The first-order valence-electron chi connectivity index (χ1n) is 6.53. The molecule has 21 heavy (non-hydrogen) atoms. The van der Waals surface area contributed by atoms with Crippen LogP contribution in [0, 0.1) is 11.8 Å². The van der Waals surface area contributed by atoms with Crippen LogP contribution in [-0.4, -0.2) is 34.1 Å². The molecule has 0 aliphatic heterocycles. The number of amides is 1. The van der Waals surface area contributed by atoms with E-state index in [1.807, 2.05) is 12.1 Å². The summed E-state index contributed by atoms with van der Waals surface area (Å²) in [6.45, 7) is 0.254. The van der Waals surface area contributed by atoms with Crippen molar-refractivity contribution in [3.8, 4) is 11.8 Å². The third kappa shape index (κ3) is 4.41. The van der Waals surface area contributed by atoms with Crippen molar-refractivity contribution in [2.75, 3.05) is 13.2 Å². The monoisotopic (exact) mass is 281 g/mol. The molecule has 2 heterocycles. The summed E-state index contributed by atoms with van der Waals surface area (Å²) < 4.78 is 0. The second-order valence-electron chi connectivity index (χ2n) is 4.22. The Morgan fingerprint density at radius 2 is 2.05 bits per heavy atom. The maximum Gasteiger partial charge on any atom is 0.271 e. The van der Waals surface area contributed by atoms with E-state index in [4.69, 9.17) is 5.11 Å². The molecule has 1 amide bonds. The molecule has 2 aromatic heterocycles. The van der Waals surface area contributed by atoms with Gasteiger partial charge in [-0.2, -0.15) is 0 Å². The number of nitrogens with zero attached hydrogens (tertiary/aromatic N) is 2. The molecule has 0 unspecified atom stereocenters. The molecule has 2 rings (SSSR count). The van der Waals surface area contributed by atoms with Crippen molar-refractivity contribution in [3.63, 3.8) is 0 Å². The van der Waals surface area contributed by atoms with Crippen molar-refractivity contribution in [1.82, 2.24) is 15.3 Å². The zero-order chi connectivity index (χ0) is 14.9. The van der Waals surface area contributed by atoms with Crippen LogP contribution in [0.5, 0.6) is 0 Å². The minimum absolute atomic E-state index is 0.252. The minimum Gasteiger partial charge on any atom is -0.384 e. The highest BCUT2D eigenvalue weighted by atomic mass is 16.2. The van der Waals surface area contributed by atoms with Gasteiger partial charge in [0.05, 0.1) is 5.56 Å². The molecule has 0 fully saturated rings. The van der Waals surface area contributed by atoms with Crippen molar-refractivity contribution in [2.45, 2.75) is 6.42 Å². The largest absolute Gasteiger partial charge is 0.384 e. The van der Waals surface area contributed by atoms with E-state index < -0.39 is 0 Å². The summed E-state index contributed by atoms with van der Waals surface area (Å²) >= 11 is 0. The van der Waals surface area contributed by atoms with Gasteiger partial charge in [-0.3, -0.25) is 9.78 Å². The van der Waals surface area contributed by atoms with Crippen molar-refractivity contribution in [1.29, 1.82) is 0 Å². The van der Waals surface area contributed by atoms with Gasteiger partial charge in [0.25, 0.3) is 5.91 Å². The Morgan fingerprint density at radius 1 is 1.24 bits per heavy atom. The molecule has 0 atom stereocenters. The van der Waals surface area contributed by atoms with E-state index in [-0.39, 0.29) is 18.2 Å². The average molecular weight is 281 g/mol. The van der Waals surface area contributed by atoms with Crippen LogP contribution in [0.2, 0.25) is 0 Å². The molecule has 2 N–H and O–H groups in total. The molecule has 5 heteroatoms. The molecule has 2 aromatic rings. The summed E-state index contributed by atoms with van der Waals surface area (Å²) in [6.07, 6.45) is 5.71. The summed E-state index contributed by atoms with van der Waals surface area (Å²) in [5, 5.41) is 11.5. The second kappa shape index (κ2) is 7.78. The topological polar surface area (TPSA) is 75.1 Å². The lowest BCUT2D eigenvalue weighted by atomic mass is 10.1. The van der Waals surface area contributed by atoms with E-state index in [0.717, 1.165) is 12.0 Å². The van der Waals surface area contributed by atoms with Gasteiger partial charge in [0.1, 0.15) is 12.3 Å². The molecule has 0 aliphatic carbocycles.